The van der Waals surface area contributed by atoms with Gasteiger partial charge in [0.25, 0.3) is 0 Å². The van der Waals surface area contributed by atoms with Crippen LogP contribution in [0.25, 0.3) is 0 Å². The summed E-state index contributed by atoms with van der Waals surface area (Å²) in [5.74, 6) is -1.23. The monoisotopic (exact) mass is 191 g/mol. The summed E-state index contributed by atoms with van der Waals surface area (Å²) < 4.78 is 8.98. The third-order valence-electron chi connectivity index (χ3n) is 1.34. The van der Waals surface area contributed by atoms with E-state index in [-0.39, 0.29) is 6.61 Å². The first-order valence-electron chi connectivity index (χ1n) is 3.80. The van der Waals surface area contributed by atoms with Gasteiger partial charge in [-0.15, -0.1) is 0 Å². The molecule has 0 aromatic heterocycles. The Bertz CT molecular complexity index is 193. The molecule has 0 rings (SSSR count). The van der Waals surface area contributed by atoms with Crippen LogP contribution in [-0.2, 0) is 14.3 Å². The van der Waals surface area contributed by atoms with Crippen LogP contribution in [0.4, 0.5) is 4.79 Å². The highest BCUT2D eigenvalue weighted by Gasteiger charge is 2.23. The van der Waals surface area contributed by atoms with Gasteiger partial charge >= 0.3 is 12.1 Å². The first kappa shape index (κ1) is 11.7. The second kappa shape index (κ2) is 5.36. The zero-order valence-electron chi connectivity index (χ0n) is 7.52. The summed E-state index contributed by atoms with van der Waals surface area (Å²) in [4.78, 5) is 21.0. The average molecular weight is 191 g/mol. The van der Waals surface area contributed by atoms with Gasteiger partial charge in [0.1, 0.15) is 12.1 Å². The molecule has 0 heterocycles. The van der Waals surface area contributed by atoms with Crippen molar-refractivity contribution in [1.29, 1.82) is 0 Å². The Hall–Kier alpha value is -1.30. The minimum Gasteiger partial charge on any atom is -0.480 e. The highest BCUT2D eigenvalue weighted by molar-refractivity contribution is 5.74. The molecule has 0 fully saturated rings. The van der Waals surface area contributed by atoms with Crippen molar-refractivity contribution < 1.29 is 24.2 Å². The standard InChI is InChI=1S/C7H13NO5/c1-3-12-7(11)13-4(2)5(8)6(9)10/h4-5H,3,8H2,1-2H3,(H,9,10). The lowest BCUT2D eigenvalue weighted by Gasteiger charge is -2.15. The van der Waals surface area contributed by atoms with E-state index in [4.69, 9.17) is 10.8 Å². The molecule has 13 heavy (non-hydrogen) atoms. The van der Waals surface area contributed by atoms with Crippen molar-refractivity contribution in [1.82, 2.24) is 0 Å². The third-order valence-corrected chi connectivity index (χ3v) is 1.34. The number of carboxylic acids is 1. The minimum atomic E-state index is -1.23. The second-order valence-electron chi connectivity index (χ2n) is 2.37. The van der Waals surface area contributed by atoms with Crippen molar-refractivity contribution in [2.45, 2.75) is 26.0 Å². The van der Waals surface area contributed by atoms with Gasteiger partial charge < -0.3 is 20.3 Å². The van der Waals surface area contributed by atoms with E-state index in [9.17, 15) is 9.59 Å². The normalized spacial score (nSPS) is 14.4. The molecule has 6 heteroatoms. The van der Waals surface area contributed by atoms with Crippen molar-refractivity contribution in [3.05, 3.63) is 0 Å². The molecule has 76 valence electrons. The van der Waals surface area contributed by atoms with Gasteiger partial charge in [0.2, 0.25) is 0 Å². The largest absolute Gasteiger partial charge is 0.508 e. The fourth-order valence-electron chi connectivity index (χ4n) is 0.578. The molecule has 0 saturated carbocycles. The lowest BCUT2D eigenvalue weighted by Crippen LogP contribution is -2.42. The molecule has 0 saturated heterocycles. The van der Waals surface area contributed by atoms with Crippen LogP contribution in [0.5, 0.6) is 0 Å². The number of hydrogen-bond acceptors (Lipinski definition) is 5. The summed E-state index contributed by atoms with van der Waals surface area (Å²) in [7, 11) is 0. The highest BCUT2D eigenvalue weighted by atomic mass is 16.7. The number of carbonyl (C=O) groups excluding carboxylic acids is 1. The Morgan fingerprint density at radius 2 is 2.08 bits per heavy atom. The van der Waals surface area contributed by atoms with E-state index in [0.717, 1.165) is 0 Å². The Balaban J connectivity index is 3.92. The van der Waals surface area contributed by atoms with Gasteiger partial charge in [0, 0.05) is 0 Å². The van der Waals surface area contributed by atoms with Crippen LogP contribution >= 0.6 is 0 Å². The predicted molar refractivity (Wildman–Crippen MR) is 43.2 cm³/mol. The lowest BCUT2D eigenvalue weighted by molar-refractivity contribution is -0.141. The van der Waals surface area contributed by atoms with E-state index in [1.54, 1.807) is 6.92 Å². The fourth-order valence-corrected chi connectivity index (χ4v) is 0.578. The smallest absolute Gasteiger partial charge is 0.480 e. The van der Waals surface area contributed by atoms with Gasteiger partial charge in [-0.05, 0) is 13.8 Å². The molecule has 0 amide bonds. The first-order valence-corrected chi connectivity index (χ1v) is 3.80. The highest BCUT2D eigenvalue weighted by Crippen LogP contribution is 1.98. The van der Waals surface area contributed by atoms with E-state index in [1.165, 1.54) is 6.92 Å². The topological polar surface area (TPSA) is 98.9 Å². The molecule has 2 atom stereocenters. The van der Waals surface area contributed by atoms with Crippen molar-refractivity contribution in [2.24, 2.45) is 5.73 Å². The van der Waals surface area contributed by atoms with Crippen molar-refractivity contribution in [3.63, 3.8) is 0 Å². The molecule has 0 spiro atoms. The Kier molecular flexibility index (Phi) is 4.83. The van der Waals surface area contributed by atoms with E-state index < -0.39 is 24.3 Å². The molecule has 0 aromatic carbocycles. The van der Waals surface area contributed by atoms with Crippen molar-refractivity contribution >= 4 is 12.1 Å². The summed E-state index contributed by atoms with van der Waals surface area (Å²) in [6.07, 6.45) is -1.82. The number of ether oxygens (including phenoxy) is 2. The Labute approximate surface area is 75.6 Å². The van der Waals surface area contributed by atoms with Gasteiger partial charge in [-0.3, -0.25) is 4.79 Å². The molecule has 3 N–H and O–H groups in total. The van der Waals surface area contributed by atoms with Gasteiger partial charge in [0.15, 0.2) is 0 Å². The maximum Gasteiger partial charge on any atom is 0.508 e. The third kappa shape index (κ3) is 4.32. The molecular formula is C7H13NO5. The number of aliphatic carboxylic acids is 1. The van der Waals surface area contributed by atoms with Crippen molar-refractivity contribution in [3.8, 4) is 0 Å². The van der Waals surface area contributed by atoms with Crippen LogP contribution in [-0.4, -0.2) is 36.0 Å². The molecule has 0 aromatic rings. The summed E-state index contributed by atoms with van der Waals surface area (Å²) in [5, 5.41) is 8.44. The number of rotatable bonds is 4. The van der Waals surface area contributed by atoms with Gasteiger partial charge in [-0.25, -0.2) is 4.79 Å². The van der Waals surface area contributed by atoms with Crippen LogP contribution in [0.1, 0.15) is 13.8 Å². The average Bonchev–Trinajstić information content (AvgIpc) is 2.03. The zero-order chi connectivity index (χ0) is 10.4. The van der Waals surface area contributed by atoms with Crippen LogP contribution in [0.2, 0.25) is 0 Å². The van der Waals surface area contributed by atoms with Crippen LogP contribution in [0.3, 0.4) is 0 Å². The van der Waals surface area contributed by atoms with Gasteiger partial charge in [-0.1, -0.05) is 0 Å². The summed E-state index contributed by atoms with van der Waals surface area (Å²) in [5.41, 5.74) is 5.17. The molecule has 0 aliphatic rings. The van der Waals surface area contributed by atoms with E-state index in [2.05, 4.69) is 9.47 Å². The maximum absolute atomic E-state index is 10.7. The first-order chi connectivity index (χ1) is 5.99. The molecule has 6 nitrogen and oxygen atoms in total. The van der Waals surface area contributed by atoms with Crippen LogP contribution in [0, 0.1) is 0 Å². The maximum atomic E-state index is 10.7. The Morgan fingerprint density at radius 1 is 1.54 bits per heavy atom. The molecule has 0 aliphatic heterocycles. The van der Waals surface area contributed by atoms with Gasteiger partial charge in [-0.2, -0.15) is 0 Å². The molecule has 0 aliphatic carbocycles. The molecule has 0 radical (unpaired) electrons. The number of carboxylic acid groups (broad SMARTS) is 1. The van der Waals surface area contributed by atoms with Crippen LogP contribution in [0.15, 0.2) is 0 Å². The lowest BCUT2D eigenvalue weighted by atomic mass is 10.2. The number of hydrogen-bond donors (Lipinski definition) is 2. The van der Waals surface area contributed by atoms with Crippen molar-refractivity contribution in [2.75, 3.05) is 6.61 Å². The Morgan fingerprint density at radius 3 is 2.46 bits per heavy atom. The molecule has 2 unspecified atom stereocenters. The number of nitrogens with two attached hydrogens (primary N) is 1. The quantitative estimate of drug-likeness (QED) is 0.605. The SMILES string of the molecule is CCOC(=O)OC(C)C(N)C(=O)O. The zero-order valence-corrected chi connectivity index (χ0v) is 7.52. The summed E-state index contributed by atoms with van der Waals surface area (Å²) in [6, 6.07) is -1.23. The summed E-state index contributed by atoms with van der Waals surface area (Å²) in [6.45, 7) is 3.17. The van der Waals surface area contributed by atoms with E-state index in [0.29, 0.717) is 0 Å². The molecular weight excluding hydrogens is 178 g/mol. The van der Waals surface area contributed by atoms with Crippen LogP contribution < -0.4 is 5.73 Å². The molecule has 0 bridgehead atoms. The fraction of sp³-hybridized carbons (Fsp3) is 0.714. The second-order valence-corrected chi connectivity index (χ2v) is 2.37. The van der Waals surface area contributed by atoms with E-state index >= 15 is 0 Å². The van der Waals surface area contributed by atoms with Gasteiger partial charge in [0.05, 0.1) is 6.61 Å². The summed E-state index contributed by atoms with van der Waals surface area (Å²) >= 11 is 0. The predicted octanol–water partition coefficient (Wildman–Crippen LogP) is -0.0401. The van der Waals surface area contributed by atoms with E-state index in [1.807, 2.05) is 0 Å². The minimum absolute atomic E-state index is 0.174. The number of carbonyl (C=O) groups is 2.